The molecule has 2 aromatic heterocycles. The fraction of sp³-hybridized carbons (Fsp3) is 0.389. The van der Waals surface area contributed by atoms with Gasteiger partial charge in [0, 0.05) is 12.2 Å². The Morgan fingerprint density at radius 3 is 2.84 bits per heavy atom. The molecule has 1 aliphatic rings. The highest BCUT2D eigenvalue weighted by Gasteiger charge is 2.31. The third-order valence-corrected chi connectivity index (χ3v) is 5.30. The van der Waals surface area contributed by atoms with E-state index in [1.54, 1.807) is 6.07 Å². The van der Waals surface area contributed by atoms with Crippen LogP contribution in [0.2, 0.25) is 0 Å². The second-order valence-corrected chi connectivity index (χ2v) is 7.64. The number of nitrogens with zero attached hydrogens (tertiary/aromatic N) is 2. The maximum atomic E-state index is 12.4. The normalized spacial score (nSPS) is 17.1. The molecular weight excluding hydrogens is 441 g/mol. The molecule has 0 amide bonds. The van der Waals surface area contributed by atoms with E-state index in [4.69, 9.17) is 9.57 Å². The van der Waals surface area contributed by atoms with Gasteiger partial charge in [0.25, 0.3) is 5.56 Å². The van der Waals surface area contributed by atoms with Crippen LogP contribution in [0.3, 0.4) is 0 Å². The Bertz CT molecular complexity index is 1180. The third-order valence-electron chi connectivity index (χ3n) is 4.36. The number of ether oxygens (including phenoxy) is 2. The largest absolute Gasteiger partial charge is 0.573 e. The van der Waals surface area contributed by atoms with Gasteiger partial charge in [-0.3, -0.25) is 9.78 Å². The molecule has 0 saturated carbocycles. The van der Waals surface area contributed by atoms with E-state index in [2.05, 4.69) is 19.7 Å². The average molecular weight is 458 g/mol. The Morgan fingerprint density at radius 1 is 1.26 bits per heavy atom. The molecule has 3 aromatic rings. The summed E-state index contributed by atoms with van der Waals surface area (Å²) in [4.78, 5) is 39.2. The van der Waals surface area contributed by atoms with Gasteiger partial charge in [-0.25, -0.2) is 9.78 Å². The summed E-state index contributed by atoms with van der Waals surface area (Å²) in [5, 5.41) is 0.287. The van der Waals surface area contributed by atoms with Crippen LogP contribution in [0.4, 0.5) is 13.2 Å². The smallest absolute Gasteiger partial charge is 0.406 e. The number of rotatable bonds is 6. The van der Waals surface area contributed by atoms with Crippen LogP contribution in [-0.2, 0) is 10.5 Å². The lowest BCUT2D eigenvalue weighted by Crippen LogP contribution is -2.40. The average Bonchev–Trinajstić information content (AvgIpc) is 3.14. The summed E-state index contributed by atoms with van der Waals surface area (Å²) >= 11 is 1.14. The van der Waals surface area contributed by atoms with Gasteiger partial charge in [0.05, 0.1) is 6.61 Å². The Kier molecular flexibility index (Phi) is 5.96. The molecule has 4 rings (SSSR count). The molecule has 1 atom stereocenters. The summed E-state index contributed by atoms with van der Waals surface area (Å²) in [6, 6.07) is 5.53. The van der Waals surface area contributed by atoms with Gasteiger partial charge in [0.15, 0.2) is 10.7 Å². The number of aromatic nitrogens is 4. The van der Waals surface area contributed by atoms with E-state index >= 15 is 0 Å². The molecule has 13 heteroatoms. The summed E-state index contributed by atoms with van der Waals surface area (Å²) in [7, 11) is 0. The quantitative estimate of drug-likeness (QED) is 0.546. The Hall–Kier alpha value is -2.93. The molecule has 3 heterocycles. The van der Waals surface area contributed by atoms with Gasteiger partial charge < -0.3 is 19.3 Å². The standard InChI is InChI=1S/C18H17F3N4O5S/c19-18(20,21)29-11-5-3-4-10(8-11)9-31-16-22-13-14(23-16)25(17(27)24-15(13)26)30-12-6-1-2-7-28-12/h3-5,8,12H,1-2,6-7,9H2,(H,22,23)(H,24,26,27). The second-order valence-electron chi connectivity index (χ2n) is 6.68. The fourth-order valence-electron chi connectivity index (χ4n) is 3.02. The zero-order chi connectivity index (χ0) is 22.0. The fourth-order valence-corrected chi connectivity index (χ4v) is 3.83. The van der Waals surface area contributed by atoms with Crippen molar-refractivity contribution in [1.82, 2.24) is 19.7 Å². The minimum absolute atomic E-state index is 0.000390. The van der Waals surface area contributed by atoms with Crippen molar-refractivity contribution >= 4 is 22.9 Å². The molecule has 1 fully saturated rings. The third kappa shape index (κ3) is 5.22. The SMILES string of the molecule is O=c1[nH]c(=O)n(OC2CCCCO2)c2nc(SCc3cccc(OC(F)(F)F)c3)[nH]c12. The summed E-state index contributed by atoms with van der Waals surface area (Å²) in [6.07, 6.45) is -3.05. The van der Waals surface area contributed by atoms with Gasteiger partial charge in [-0.1, -0.05) is 23.9 Å². The van der Waals surface area contributed by atoms with Crippen molar-refractivity contribution in [2.75, 3.05) is 6.61 Å². The Labute approximate surface area is 176 Å². The lowest BCUT2D eigenvalue weighted by Gasteiger charge is -2.23. The van der Waals surface area contributed by atoms with Crippen LogP contribution in [0.5, 0.6) is 5.75 Å². The number of halogens is 3. The van der Waals surface area contributed by atoms with Crippen molar-refractivity contribution in [3.63, 3.8) is 0 Å². The van der Waals surface area contributed by atoms with Crippen molar-refractivity contribution in [1.29, 1.82) is 0 Å². The molecule has 31 heavy (non-hydrogen) atoms. The van der Waals surface area contributed by atoms with E-state index in [1.807, 2.05) is 0 Å². The summed E-state index contributed by atoms with van der Waals surface area (Å²) in [5.41, 5.74) is -0.868. The first-order valence-electron chi connectivity index (χ1n) is 9.30. The number of nitrogens with one attached hydrogen (secondary N) is 2. The van der Waals surface area contributed by atoms with Crippen LogP contribution < -0.4 is 20.8 Å². The first kappa shape index (κ1) is 21.3. The van der Waals surface area contributed by atoms with Crippen LogP contribution in [0.1, 0.15) is 24.8 Å². The van der Waals surface area contributed by atoms with Gasteiger partial charge in [0.1, 0.15) is 5.75 Å². The monoisotopic (exact) mass is 458 g/mol. The molecule has 1 aliphatic heterocycles. The first-order valence-corrected chi connectivity index (χ1v) is 10.3. The number of imidazole rings is 1. The molecule has 1 unspecified atom stereocenters. The van der Waals surface area contributed by atoms with Crippen LogP contribution in [-0.4, -0.2) is 38.9 Å². The minimum Gasteiger partial charge on any atom is -0.406 e. The van der Waals surface area contributed by atoms with Gasteiger partial charge in [-0.15, -0.1) is 17.9 Å². The molecular formula is C18H17F3N4O5S. The van der Waals surface area contributed by atoms with Crippen molar-refractivity contribution in [3.8, 4) is 5.75 Å². The number of hydrogen-bond donors (Lipinski definition) is 2. The zero-order valence-corrected chi connectivity index (χ0v) is 16.7. The van der Waals surface area contributed by atoms with Crippen molar-refractivity contribution < 1.29 is 27.5 Å². The lowest BCUT2D eigenvalue weighted by molar-refractivity contribution is -0.274. The van der Waals surface area contributed by atoms with Crippen molar-refractivity contribution in [2.45, 2.75) is 42.8 Å². The lowest BCUT2D eigenvalue weighted by atomic mass is 10.2. The zero-order valence-electron chi connectivity index (χ0n) is 15.9. The molecule has 166 valence electrons. The van der Waals surface area contributed by atoms with Gasteiger partial charge in [-0.2, -0.15) is 0 Å². The van der Waals surface area contributed by atoms with E-state index in [9.17, 15) is 22.8 Å². The highest BCUT2D eigenvalue weighted by atomic mass is 32.2. The number of H-pyrrole nitrogens is 2. The second kappa shape index (κ2) is 8.67. The van der Waals surface area contributed by atoms with Crippen molar-refractivity contribution in [2.24, 2.45) is 0 Å². The predicted octanol–water partition coefficient (Wildman–Crippen LogP) is 2.56. The maximum Gasteiger partial charge on any atom is 0.573 e. The molecule has 1 aromatic carbocycles. The molecule has 0 spiro atoms. The topological polar surface area (TPSA) is 111 Å². The van der Waals surface area contributed by atoms with Gasteiger partial charge >= 0.3 is 12.1 Å². The molecule has 0 bridgehead atoms. The first-order chi connectivity index (χ1) is 14.8. The summed E-state index contributed by atoms with van der Waals surface area (Å²) < 4.78 is 47.4. The van der Waals surface area contributed by atoms with E-state index in [0.29, 0.717) is 18.6 Å². The van der Waals surface area contributed by atoms with Crippen LogP contribution in [0.15, 0.2) is 39.0 Å². The van der Waals surface area contributed by atoms with Crippen LogP contribution in [0.25, 0.3) is 11.2 Å². The summed E-state index contributed by atoms with van der Waals surface area (Å²) in [5.74, 6) is -0.0924. The number of benzene rings is 1. The molecule has 1 saturated heterocycles. The van der Waals surface area contributed by atoms with Crippen molar-refractivity contribution in [3.05, 3.63) is 50.7 Å². The van der Waals surface area contributed by atoms with Crippen LogP contribution in [0, 0.1) is 0 Å². The van der Waals surface area contributed by atoms with E-state index in [1.165, 1.54) is 18.2 Å². The van der Waals surface area contributed by atoms with Crippen LogP contribution >= 0.6 is 11.8 Å². The number of alkyl halides is 3. The maximum absolute atomic E-state index is 12.4. The highest BCUT2D eigenvalue weighted by Crippen LogP contribution is 2.27. The predicted molar refractivity (Wildman–Crippen MR) is 104 cm³/mol. The van der Waals surface area contributed by atoms with Gasteiger partial charge in [-0.05, 0) is 30.5 Å². The molecule has 2 N–H and O–H groups in total. The number of hydrogen-bond acceptors (Lipinski definition) is 7. The molecule has 9 nitrogen and oxygen atoms in total. The Morgan fingerprint density at radius 2 is 2.10 bits per heavy atom. The molecule has 0 aliphatic carbocycles. The highest BCUT2D eigenvalue weighted by molar-refractivity contribution is 7.98. The van der Waals surface area contributed by atoms with E-state index in [0.717, 1.165) is 29.3 Å². The number of aromatic amines is 2. The number of fused-ring (bicyclic) bond motifs is 1. The number of thioether (sulfide) groups is 1. The summed E-state index contributed by atoms with van der Waals surface area (Å²) in [6.45, 7) is 0.505. The Balaban J connectivity index is 1.55. The minimum atomic E-state index is -4.78. The van der Waals surface area contributed by atoms with E-state index < -0.39 is 23.9 Å². The van der Waals surface area contributed by atoms with E-state index in [-0.39, 0.29) is 27.8 Å². The van der Waals surface area contributed by atoms with Gasteiger partial charge in [0.2, 0.25) is 11.9 Å². The molecule has 0 radical (unpaired) electrons.